The minimum atomic E-state index is -0.511. The van der Waals surface area contributed by atoms with E-state index in [9.17, 15) is 9.59 Å². The largest absolute Gasteiger partial charge is 0.452 e. The SMILES string of the molecule is CCN(C(=O)COC(=O)c1cc2cc(C)ccc2nc1C)C1=CCCC1. The molecule has 0 saturated heterocycles. The van der Waals surface area contributed by atoms with Crippen LogP contribution >= 0.6 is 0 Å². The van der Waals surface area contributed by atoms with Gasteiger partial charge < -0.3 is 9.64 Å². The van der Waals surface area contributed by atoms with Gasteiger partial charge in [-0.3, -0.25) is 9.78 Å². The van der Waals surface area contributed by atoms with Crippen LogP contribution in [-0.4, -0.2) is 34.9 Å². The molecule has 1 aromatic carbocycles. The number of likely N-dealkylation sites (N-methyl/N-ethyl adjacent to an activating group) is 1. The maximum atomic E-state index is 12.5. The van der Waals surface area contributed by atoms with Gasteiger partial charge >= 0.3 is 5.97 Å². The van der Waals surface area contributed by atoms with E-state index in [-0.39, 0.29) is 12.5 Å². The number of ether oxygens (including phenoxy) is 1. The first-order valence-corrected chi connectivity index (χ1v) is 9.04. The Bertz CT molecular complexity index is 886. The maximum Gasteiger partial charge on any atom is 0.340 e. The van der Waals surface area contributed by atoms with Crippen molar-refractivity contribution in [3.8, 4) is 0 Å². The third kappa shape index (κ3) is 3.77. The van der Waals surface area contributed by atoms with Crippen molar-refractivity contribution in [3.05, 3.63) is 52.9 Å². The monoisotopic (exact) mass is 352 g/mol. The van der Waals surface area contributed by atoms with Gasteiger partial charge in [-0.1, -0.05) is 17.7 Å². The first-order valence-electron chi connectivity index (χ1n) is 9.04. The summed E-state index contributed by atoms with van der Waals surface area (Å²) in [5.41, 5.74) is 3.98. The average molecular weight is 352 g/mol. The second-order valence-corrected chi connectivity index (χ2v) is 6.62. The highest BCUT2D eigenvalue weighted by Crippen LogP contribution is 2.22. The van der Waals surface area contributed by atoms with E-state index in [2.05, 4.69) is 11.1 Å². The molecule has 0 aliphatic heterocycles. The number of hydrogen-bond donors (Lipinski definition) is 0. The molecule has 136 valence electrons. The molecule has 0 unspecified atom stereocenters. The number of carbonyl (C=O) groups excluding carboxylic acids is 2. The summed E-state index contributed by atoms with van der Waals surface area (Å²) in [6.45, 7) is 6.03. The quantitative estimate of drug-likeness (QED) is 0.765. The Balaban J connectivity index is 1.72. The predicted molar refractivity (Wildman–Crippen MR) is 101 cm³/mol. The van der Waals surface area contributed by atoms with Crippen molar-refractivity contribution >= 4 is 22.8 Å². The van der Waals surface area contributed by atoms with E-state index < -0.39 is 5.97 Å². The number of nitrogens with zero attached hydrogens (tertiary/aromatic N) is 2. The number of aromatic nitrogens is 1. The van der Waals surface area contributed by atoms with Crippen molar-refractivity contribution in [3.63, 3.8) is 0 Å². The second-order valence-electron chi connectivity index (χ2n) is 6.62. The molecule has 1 heterocycles. The number of hydrogen-bond acceptors (Lipinski definition) is 4. The number of pyridine rings is 1. The summed E-state index contributed by atoms with van der Waals surface area (Å²) < 4.78 is 5.29. The molecule has 1 aliphatic carbocycles. The van der Waals surface area contributed by atoms with Gasteiger partial charge in [-0.05, 0) is 58.2 Å². The summed E-state index contributed by atoms with van der Waals surface area (Å²) in [6, 6.07) is 7.69. The number of allylic oxidation sites excluding steroid dienone is 2. The van der Waals surface area contributed by atoms with E-state index >= 15 is 0 Å². The number of amides is 1. The van der Waals surface area contributed by atoms with Crippen LogP contribution in [0.15, 0.2) is 36.0 Å². The molecule has 0 bridgehead atoms. The molecular weight excluding hydrogens is 328 g/mol. The lowest BCUT2D eigenvalue weighted by atomic mass is 10.1. The molecule has 1 aliphatic rings. The van der Waals surface area contributed by atoms with Gasteiger partial charge in [0, 0.05) is 17.6 Å². The Hall–Kier alpha value is -2.69. The zero-order valence-corrected chi connectivity index (χ0v) is 15.5. The number of fused-ring (bicyclic) bond motifs is 1. The molecule has 0 saturated carbocycles. The van der Waals surface area contributed by atoms with Gasteiger partial charge in [0.25, 0.3) is 5.91 Å². The lowest BCUT2D eigenvalue weighted by Crippen LogP contribution is -2.33. The van der Waals surface area contributed by atoms with Gasteiger partial charge in [0.15, 0.2) is 6.61 Å². The predicted octanol–water partition coefficient (Wildman–Crippen LogP) is 3.92. The number of carbonyl (C=O) groups is 2. The minimum absolute atomic E-state index is 0.184. The molecule has 2 aromatic rings. The van der Waals surface area contributed by atoms with Gasteiger partial charge in [0.2, 0.25) is 0 Å². The standard InChI is InChI=1S/C21H24N2O3/c1-4-23(17-7-5-6-8-17)20(24)13-26-21(25)18-12-16-11-14(2)9-10-19(16)22-15(18)3/h7,9-12H,4-6,8,13H2,1-3H3. The molecule has 0 fully saturated rings. The zero-order valence-electron chi connectivity index (χ0n) is 15.5. The molecule has 1 aromatic heterocycles. The Morgan fingerprint density at radius 2 is 2.04 bits per heavy atom. The van der Waals surface area contributed by atoms with Crippen LogP contribution in [0.1, 0.15) is 47.8 Å². The van der Waals surface area contributed by atoms with Gasteiger partial charge in [0.05, 0.1) is 16.8 Å². The maximum absolute atomic E-state index is 12.5. The second kappa shape index (κ2) is 7.68. The van der Waals surface area contributed by atoms with E-state index in [0.717, 1.165) is 41.4 Å². The Kier molecular flexibility index (Phi) is 5.35. The normalized spacial score (nSPS) is 13.6. The molecule has 0 spiro atoms. The van der Waals surface area contributed by atoms with Crippen LogP contribution in [0.2, 0.25) is 0 Å². The van der Waals surface area contributed by atoms with E-state index in [4.69, 9.17) is 4.74 Å². The topological polar surface area (TPSA) is 59.5 Å². The summed E-state index contributed by atoms with van der Waals surface area (Å²) >= 11 is 0. The van der Waals surface area contributed by atoms with E-state index in [0.29, 0.717) is 17.8 Å². The minimum Gasteiger partial charge on any atom is -0.452 e. The van der Waals surface area contributed by atoms with Gasteiger partial charge in [-0.25, -0.2) is 4.79 Å². The Labute approximate surface area is 153 Å². The fourth-order valence-electron chi connectivity index (χ4n) is 3.32. The third-order valence-electron chi connectivity index (χ3n) is 4.69. The Morgan fingerprint density at radius 1 is 1.23 bits per heavy atom. The van der Waals surface area contributed by atoms with E-state index in [1.54, 1.807) is 17.9 Å². The smallest absolute Gasteiger partial charge is 0.340 e. The number of rotatable bonds is 5. The highest BCUT2D eigenvalue weighted by Gasteiger charge is 2.21. The van der Waals surface area contributed by atoms with Crippen molar-refractivity contribution in [2.75, 3.05) is 13.2 Å². The molecule has 0 atom stereocenters. The fraction of sp³-hybridized carbons (Fsp3) is 0.381. The van der Waals surface area contributed by atoms with Gasteiger partial charge in [0.1, 0.15) is 0 Å². The van der Waals surface area contributed by atoms with Gasteiger partial charge in [-0.15, -0.1) is 0 Å². The molecule has 5 heteroatoms. The highest BCUT2D eigenvalue weighted by atomic mass is 16.5. The summed E-state index contributed by atoms with van der Waals surface area (Å²) in [5, 5.41) is 0.889. The Morgan fingerprint density at radius 3 is 2.73 bits per heavy atom. The van der Waals surface area contributed by atoms with Crippen LogP contribution in [0.25, 0.3) is 10.9 Å². The summed E-state index contributed by atoms with van der Waals surface area (Å²) in [6.07, 6.45) is 5.06. The number of benzene rings is 1. The van der Waals surface area contributed by atoms with Crippen LogP contribution in [-0.2, 0) is 9.53 Å². The number of aryl methyl sites for hydroxylation is 2. The van der Waals surface area contributed by atoms with Gasteiger partial charge in [-0.2, -0.15) is 0 Å². The van der Waals surface area contributed by atoms with Crippen LogP contribution in [0.3, 0.4) is 0 Å². The molecule has 0 N–H and O–H groups in total. The average Bonchev–Trinajstić information content (AvgIpc) is 3.14. The summed E-state index contributed by atoms with van der Waals surface area (Å²) in [5.74, 6) is -0.695. The van der Waals surface area contributed by atoms with Crippen molar-refractivity contribution in [1.82, 2.24) is 9.88 Å². The molecule has 26 heavy (non-hydrogen) atoms. The zero-order chi connectivity index (χ0) is 18.7. The van der Waals surface area contributed by atoms with Crippen molar-refractivity contribution < 1.29 is 14.3 Å². The fourth-order valence-corrected chi connectivity index (χ4v) is 3.32. The summed E-state index contributed by atoms with van der Waals surface area (Å²) in [7, 11) is 0. The number of esters is 1. The summed E-state index contributed by atoms with van der Waals surface area (Å²) in [4.78, 5) is 31.1. The first-order chi connectivity index (χ1) is 12.5. The van der Waals surface area contributed by atoms with Crippen LogP contribution in [0, 0.1) is 13.8 Å². The van der Waals surface area contributed by atoms with Crippen molar-refractivity contribution in [1.29, 1.82) is 0 Å². The third-order valence-corrected chi connectivity index (χ3v) is 4.69. The molecule has 5 nitrogen and oxygen atoms in total. The van der Waals surface area contributed by atoms with E-state index in [1.165, 1.54) is 0 Å². The molecular formula is C21H24N2O3. The first kappa shape index (κ1) is 18.1. The van der Waals surface area contributed by atoms with Crippen LogP contribution < -0.4 is 0 Å². The van der Waals surface area contributed by atoms with Crippen LogP contribution in [0.5, 0.6) is 0 Å². The molecule has 0 radical (unpaired) electrons. The molecule has 3 rings (SSSR count). The van der Waals surface area contributed by atoms with Crippen molar-refractivity contribution in [2.45, 2.75) is 40.0 Å². The lowest BCUT2D eigenvalue weighted by Gasteiger charge is -2.22. The molecule has 1 amide bonds. The van der Waals surface area contributed by atoms with E-state index in [1.807, 2.05) is 32.0 Å². The lowest BCUT2D eigenvalue weighted by molar-refractivity contribution is -0.132. The van der Waals surface area contributed by atoms with Crippen LogP contribution in [0.4, 0.5) is 0 Å². The highest BCUT2D eigenvalue weighted by molar-refractivity contribution is 5.96. The van der Waals surface area contributed by atoms with Crippen molar-refractivity contribution in [2.24, 2.45) is 0 Å².